The predicted molar refractivity (Wildman–Crippen MR) is 64.0 cm³/mol. The molecule has 2 unspecified atom stereocenters. The third kappa shape index (κ3) is 4.35. The van der Waals surface area contributed by atoms with Crippen LogP contribution < -0.4 is 9.47 Å². The molecule has 0 aromatic heterocycles. The summed E-state index contributed by atoms with van der Waals surface area (Å²) in [6.07, 6.45) is 3.14. The van der Waals surface area contributed by atoms with Gasteiger partial charge in [-0.1, -0.05) is 5.92 Å². The van der Waals surface area contributed by atoms with Crippen molar-refractivity contribution in [2.45, 2.75) is 18.6 Å². The molecule has 0 amide bonds. The highest BCUT2D eigenvalue weighted by Crippen LogP contribution is 2.17. The Morgan fingerprint density at radius 2 is 1.82 bits per heavy atom. The zero-order valence-corrected chi connectivity index (χ0v) is 9.67. The number of ether oxygens (including phenoxy) is 2. The van der Waals surface area contributed by atoms with E-state index in [4.69, 9.17) is 21.0 Å². The standard InChI is InChI=1S/C13H16O4/c1-3-12(14)13(15)8-9-17-11-6-4-10(16-2)5-7-11/h1,4-7,12-15H,8-9H2,2H3. The Kier molecular flexibility index (Phi) is 5.34. The van der Waals surface area contributed by atoms with Crippen LogP contribution in [0.4, 0.5) is 0 Å². The number of methoxy groups -OCH3 is 1. The zero-order valence-electron chi connectivity index (χ0n) is 9.67. The van der Waals surface area contributed by atoms with E-state index in [1.165, 1.54) is 0 Å². The first kappa shape index (κ1) is 13.4. The molecular formula is C13H16O4. The molecule has 0 aliphatic heterocycles. The lowest BCUT2D eigenvalue weighted by Crippen LogP contribution is -2.26. The normalized spacial score (nSPS) is 13.5. The Morgan fingerprint density at radius 3 is 2.35 bits per heavy atom. The number of rotatable bonds is 6. The molecule has 92 valence electrons. The van der Waals surface area contributed by atoms with Gasteiger partial charge in [0, 0.05) is 6.42 Å². The Balaban J connectivity index is 2.33. The first-order chi connectivity index (χ1) is 8.17. The second-order valence-electron chi connectivity index (χ2n) is 3.49. The second-order valence-corrected chi connectivity index (χ2v) is 3.49. The summed E-state index contributed by atoms with van der Waals surface area (Å²) in [5.41, 5.74) is 0. The molecule has 0 radical (unpaired) electrons. The number of aliphatic hydroxyl groups is 2. The van der Waals surface area contributed by atoms with Gasteiger partial charge in [-0.3, -0.25) is 0 Å². The summed E-state index contributed by atoms with van der Waals surface area (Å²) < 4.78 is 10.4. The van der Waals surface area contributed by atoms with Crippen LogP contribution in [0.1, 0.15) is 6.42 Å². The molecule has 0 bridgehead atoms. The Bertz CT molecular complexity index is 366. The highest BCUT2D eigenvalue weighted by Gasteiger charge is 2.12. The number of aliphatic hydroxyl groups excluding tert-OH is 2. The van der Waals surface area contributed by atoms with Crippen molar-refractivity contribution < 1.29 is 19.7 Å². The van der Waals surface area contributed by atoms with E-state index < -0.39 is 12.2 Å². The van der Waals surface area contributed by atoms with Crippen molar-refractivity contribution in [1.29, 1.82) is 0 Å². The molecule has 1 aromatic carbocycles. The topological polar surface area (TPSA) is 58.9 Å². The minimum Gasteiger partial charge on any atom is -0.497 e. The smallest absolute Gasteiger partial charge is 0.140 e. The van der Waals surface area contributed by atoms with Crippen LogP contribution in [-0.4, -0.2) is 36.1 Å². The average Bonchev–Trinajstić information content (AvgIpc) is 2.38. The number of benzene rings is 1. The van der Waals surface area contributed by atoms with Crippen molar-refractivity contribution in [3.05, 3.63) is 24.3 Å². The first-order valence-electron chi connectivity index (χ1n) is 5.26. The van der Waals surface area contributed by atoms with Gasteiger partial charge in [0.2, 0.25) is 0 Å². The molecule has 2 atom stereocenters. The fourth-order valence-electron chi connectivity index (χ4n) is 1.24. The van der Waals surface area contributed by atoms with E-state index in [-0.39, 0.29) is 13.0 Å². The summed E-state index contributed by atoms with van der Waals surface area (Å²) >= 11 is 0. The molecule has 1 rings (SSSR count). The number of terminal acetylenes is 1. The lowest BCUT2D eigenvalue weighted by molar-refractivity contribution is 0.0392. The lowest BCUT2D eigenvalue weighted by Gasteiger charge is -2.13. The van der Waals surface area contributed by atoms with Gasteiger partial charge in [0.1, 0.15) is 17.6 Å². The van der Waals surface area contributed by atoms with Crippen molar-refractivity contribution in [2.75, 3.05) is 13.7 Å². The molecule has 0 fully saturated rings. The maximum Gasteiger partial charge on any atom is 0.140 e. The third-order valence-electron chi connectivity index (χ3n) is 2.28. The minimum absolute atomic E-state index is 0.275. The maximum atomic E-state index is 9.39. The average molecular weight is 236 g/mol. The van der Waals surface area contributed by atoms with Crippen LogP contribution in [0.25, 0.3) is 0 Å². The maximum absolute atomic E-state index is 9.39. The van der Waals surface area contributed by atoms with Crippen molar-refractivity contribution in [3.8, 4) is 23.8 Å². The summed E-state index contributed by atoms with van der Waals surface area (Å²) in [6.45, 7) is 0.284. The predicted octanol–water partition coefficient (Wildman–Crippen LogP) is 0.819. The molecule has 0 aliphatic rings. The van der Waals surface area contributed by atoms with E-state index in [9.17, 15) is 5.11 Å². The largest absolute Gasteiger partial charge is 0.497 e. The molecule has 0 saturated carbocycles. The third-order valence-corrected chi connectivity index (χ3v) is 2.28. The lowest BCUT2D eigenvalue weighted by atomic mass is 10.1. The van der Waals surface area contributed by atoms with Crippen molar-refractivity contribution in [2.24, 2.45) is 0 Å². The van der Waals surface area contributed by atoms with Crippen LogP contribution in [0.15, 0.2) is 24.3 Å². The van der Waals surface area contributed by atoms with Gasteiger partial charge >= 0.3 is 0 Å². The minimum atomic E-state index is -1.14. The fraction of sp³-hybridized carbons (Fsp3) is 0.385. The van der Waals surface area contributed by atoms with E-state index >= 15 is 0 Å². The van der Waals surface area contributed by atoms with Crippen LogP contribution in [-0.2, 0) is 0 Å². The van der Waals surface area contributed by atoms with E-state index in [0.717, 1.165) is 5.75 Å². The molecule has 0 aliphatic carbocycles. The van der Waals surface area contributed by atoms with Gasteiger partial charge in [0.05, 0.1) is 19.8 Å². The van der Waals surface area contributed by atoms with E-state index in [1.807, 2.05) is 0 Å². The van der Waals surface area contributed by atoms with Gasteiger partial charge < -0.3 is 19.7 Å². The van der Waals surface area contributed by atoms with Crippen molar-refractivity contribution in [1.82, 2.24) is 0 Å². The highest BCUT2D eigenvalue weighted by molar-refractivity contribution is 5.31. The van der Waals surface area contributed by atoms with Crippen LogP contribution in [0.2, 0.25) is 0 Å². The van der Waals surface area contributed by atoms with Crippen LogP contribution in [0.5, 0.6) is 11.5 Å². The molecule has 4 nitrogen and oxygen atoms in total. The Labute approximate surface area is 101 Å². The molecule has 1 aromatic rings. The number of hydrogen-bond donors (Lipinski definition) is 2. The van der Waals surface area contributed by atoms with Crippen molar-refractivity contribution in [3.63, 3.8) is 0 Å². The summed E-state index contributed by atoms with van der Waals surface area (Å²) in [4.78, 5) is 0. The molecule has 17 heavy (non-hydrogen) atoms. The van der Waals surface area contributed by atoms with Gasteiger partial charge in [-0.2, -0.15) is 0 Å². The molecule has 0 spiro atoms. The van der Waals surface area contributed by atoms with Gasteiger partial charge in [0.25, 0.3) is 0 Å². The summed E-state index contributed by atoms with van der Waals surface area (Å²) in [6, 6.07) is 7.09. The fourth-order valence-corrected chi connectivity index (χ4v) is 1.24. The first-order valence-corrected chi connectivity index (χ1v) is 5.26. The SMILES string of the molecule is C#CC(O)C(O)CCOc1ccc(OC)cc1. The summed E-state index contributed by atoms with van der Waals surface area (Å²) in [7, 11) is 1.59. The van der Waals surface area contributed by atoms with E-state index in [1.54, 1.807) is 31.4 Å². The van der Waals surface area contributed by atoms with Crippen molar-refractivity contribution >= 4 is 0 Å². The molecule has 2 N–H and O–H groups in total. The van der Waals surface area contributed by atoms with Gasteiger partial charge in [-0.05, 0) is 24.3 Å². The zero-order chi connectivity index (χ0) is 12.7. The number of hydrogen-bond acceptors (Lipinski definition) is 4. The van der Waals surface area contributed by atoms with E-state index in [2.05, 4.69) is 5.92 Å². The van der Waals surface area contributed by atoms with Gasteiger partial charge in [0.15, 0.2) is 0 Å². The van der Waals surface area contributed by atoms with E-state index in [0.29, 0.717) is 5.75 Å². The second kappa shape index (κ2) is 6.79. The molecule has 0 saturated heterocycles. The van der Waals surface area contributed by atoms with Crippen LogP contribution >= 0.6 is 0 Å². The Hall–Kier alpha value is -1.70. The molecule has 0 heterocycles. The van der Waals surface area contributed by atoms with Crippen LogP contribution in [0.3, 0.4) is 0 Å². The summed E-state index contributed by atoms with van der Waals surface area (Å²) in [5.74, 6) is 3.49. The Morgan fingerprint density at radius 1 is 1.24 bits per heavy atom. The van der Waals surface area contributed by atoms with Gasteiger partial charge in [-0.15, -0.1) is 6.42 Å². The molecule has 4 heteroatoms. The van der Waals surface area contributed by atoms with Gasteiger partial charge in [-0.25, -0.2) is 0 Å². The van der Waals surface area contributed by atoms with Crippen LogP contribution in [0, 0.1) is 12.3 Å². The summed E-state index contributed by atoms with van der Waals surface area (Å²) in [5, 5.41) is 18.5. The highest BCUT2D eigenvalue weighted by atomic mass is 16.5. The monoisotopic (exact) mass is 236 g/mol. The molecular weight excluding hydrogens is 220 g/mol. The quantitative estimate of drug-likeness (QED) is 0.718.